The fourth-order valence-electron chi connectivity index (χ4n) is 0.934. The van der Waals surface area contributed by atoms with Gasteiger partial charge in [0.25, 0.3) is 0 Å². The molecule has 0 radical (unpaired) electrons. The summed E-state index contributed by atoms with van der Waals surface area (Å²) >= 11 is 0. The molecule has 0 aliphatic rings. The van der Waals surface area contributed by atoms with E-state index in [0.29, 0.717) is 13.0 Å². The fraction of sp³-hybridized carbons (Fsp3) is 1.00. The first-order valence-corrected chi connectivity index (χ1v) is 5.30. The summed E-state index contributed by atoms with van der Waals surface area (Å²) in [5.41, 5.74) is 5.73. The van der Waals surface area contributed by atoms with Gasteiger partial charge in [0, 0.05) is 5.54 Å². The lowest BCUT2D eigenvalue weighted by molar-refractivity contribution is 0.216. The van der Waals surface area contributed by atoms with Gasteiger partial charge in [-0.3, -0.25) is 0 Å². The van der Waals surface area contributed by atoms with E-state index < -0.39 is 8.60 Å². The summed E-state index contributed by atoms with van der Waals surface area (Å²) in [5, 5.41) is 0. The molecule has 0 heterocycles. The molecule has 0 fully saturated rings. The molecule has 12 heavy (non-hydrogen) atoms. The molecule has 0 aromatic carbocycles. The Labute approximate surface area is 74.7 Å². The van der Waals surface area contributed by atoms with Crippen LogP contribution < -0.4 is 5.73 Å². The summed E-state index contributed by atoms with van der Waals surface area (Å²) < 4.78 is 4.64. The minimum absolute atomic E-state index is 0.217. The van der Waals surface area contributed by atoms with E-state index in [0.717, 1.165) is 12.8 Å². The van der Waals surface area contributed by atoms with E-state index in [4.69, 9.17) is 15.5 Å². The van der Waals surface area contributed by atoms with Gasteiger partial charge >= 0.3 is 8.60 Å². The predicted octanol–water partition coefficient (Wildman–Crippen LogP) is 1.12. The molecule has 0 saturated heterocycles. The van der Waals surface area contributed by atoms with Crippen LogP contribution in [0, 0.1) is 0 Å². The SMILES string of the molecule is CCC(N)(CC)CCOP(O)O. The first kappa shape index (κ1) is 12.3. The first-order valence-electron chi connectivity index (χ1n) is 4.13. The van der Waals surface area contributed by atoms with Crippen LogP contribution in [0.2, 0.25) is 0 Å². The van der Waals surface area contributed by atoms with Crippen LogP contribution >= 0.6 is 8.60 Å². The van der Waals surface area contributed by atoms with Crippen LogP contribution in [-0.2, 0) is 4.52 Å². The van der Waals surface area contributed by atoms with Gasteiger partial charge in [-0.25, -0.2) is 0 Å². The van der Waals surface area contributed by atoms with E-state index in [2.05, 4.69) is 4.52 Å². The highest BCUT2D eigenvalue weighted by Crippen LogP contribution is 2.26. The second kappa shape index (κ2) is 5.84. The monoisotopic (exact) mass is 195 g/mol. The molecule has 74 valence electrons. The summed E-state index contributed by atoms with van der Waals surface area (Å²) in [7, 11) is -2.22. The Morgan fingerprint density at radius 3 is 2.17 bits per heavy atom. The van der Waals surface area contributed by atoms with Crippen LogP contribution in [0.4, 0.5) is 0 Å². The average Bonchev–Trinajstić information content (AvgIpc) is 2.03. The molecule has 0 aliphatic carbocycles. The second-order valence-corrected chi connectivity index (χ2v) is 3.67. The van der Waals surface area contributed by atoms with Crippen molar-refractivity contribution >= 4 is 8.60 Å². The van der Waals surface area contributed by atoms with E-state index in [9.17, 15) is 0 Å². The average molecular weight is 195 g/mol. The Morgan fingerprint density at radius 1 is 1.33 bits per heavy atom. The van der Waals surface area contributed by atoms with Gasteiger partial charge in [-0.15, -0.1) is 0 Å². The topological polar surface area (TPSA) is 75.7 Å². The van der Waals surface area contributed by atoms with Gasteiger partial charge in [-0.05, 0) is 19.3 Å². The van der Waals surface area contributed by atoms with Gasteiger partial charge in [0.15, 0.2) is 0 Å². The number of nitrogens with two attached hydrogens (primary N) is 1. The van der Waals surface area contributed by atoms with E-state index >= 15 is 0 Å². The maximum absolute atomic E-state index is 8.45. The minimum atomic E-state index is -2.22. The molecule has 4 N–H and O–H groups in total. The molecule has 0 saturated carbocycles. The molecular formula is C7H18NO3P. The number of hydrogen-bond donors (Lipinski definition) is 3. The van der Waals surface area contributed by atoms with E-state index in [-0.39, 0.29) is 5.54 Å². The molecule has 0 amide bonds. The molecule has 0 atom stereocenters. The Kier molecular flexibility index (Phi) is 5.97. The molecule has 5 heteroatoms. The van der Waals surface area contributed by atoms with Crippen LogP contribution in [0.3, 0.4) is 0 Å². The quantitative estimate of drug-likeness (QED) is 0.555. The summed E-state index contributed by atoms with van der Waals surface area (Å²) in [6.45, 7) is 4.35. The fourth-order valence-corrected chi connectivity index (χ4v) is 1.19. The normalized spacial score (nSPS) is 12.5. The second-order valence-electron chi connectivity index (χ2n) is 2.91. The maximum atomic E-state index is 8.45. The largest absolute Gasteiger partial charge is 0.328 e. The van der Waals surface area contributed by atoms with Gasteiger partial charge in [0.05, 0.1) is 6.61 Å². The first-order chi connectivity index (χ1) is 5.54. The van der Waals surface area contributed by atoms with Crippen molar-refractivity contribution in [2.24, 2.45) is 5.73 Å². The van der Waals surface area contributed by atoms with Crippen molar-refractivity contribution in [2.45, 2.75) is 38.6 Å². The molecule has 0 aliphatic heterocycles. The lowest BCUT2D eigenvalue weighted by Crippen LogP contribution is -2.39. The van der Waals surface area contributed by atoms with Crippen molar-refractivity contribution in [1.29, 1.82) is 0 Å². The van der Waals surface area contributed by atoms with Gasteiger partial charge in [-0.1, -0.05) is 13.8 Å². The zero-order valence-electron chi connectivity index (χ0n) is 7.66. The van der Waals surface area contributed by atoms with Gasteiger partial charge < -0.3 is 20.0 Å². The smallest absolute Gasteiger partial charge is 0.327 e. The van der Waals surface area contributed by atoms with Crippen molar-refractivity contribution in [1.82, 2.24) is 0 Å². The number of rotatable bonds is 6. The van der Waals surface area contributed by atoms with E-state index in [1.807, 2.05) is 13.8 Å². The third-order valence-electron chi connectivity index (χ3n) is 2.21. The van der Waals surface area contributed by atoms with Crippen LogP contribution in [-0.4, -0.2) is 21.9 Å². The lowest BCUT2D eigenvalue weighted by Gasteiger charge is -2.26. The van der Waals surface area contributed by atoms with Gasteiger partial charge in [-0.2, -0.15) is 0 Å². The molecule has 4 nitrogen and oxygen atoms in total. The third-order valence-corrected chi connectivity index (χ3v) is 2.63. The summed E-state index contributed by atoms with van der Waals surface area (Å²) in [6.07, 6.45) is 2.42. The highest BCUT2D eigenvalue weighted by molar-refractivity contribution is 7.39. The standard InChI is InChI=1S/C7H18NO3P/c1-3-7(8,4-2)5-6-11-12(9)10/h9-10H,3-6,8H2,1-2H3. The summed E-state index contributed by atoms with van der Waals surface area (Å²) in [6, 6.07) is 0. The van der Waals surface area contributed by atoms with Crippen molar-refractivity contribution < 1.29 is 14.3 Å². The maximum Gasteiger partial charge on any atom is 0.327 e. The predicted molar refractivity (Wildman–Crippen MR) is 49.4 cm³/mol. The van der Waals surface area contributed by atoms with Crippen molar-refractivity contribution in [3.05, 3.63) is 0 Å². The van der Waals surface area contributed by atoms with Crippen molar-refractivity contribution in [3.63, 3.8) is 0 Å². The van der Waals surface area contributed by atoms with Crippen molar-refractivity contribution in [2.75, 3.05) is 6.61 Å². The molecule has 0 bridgehead atoms. The van der Waals surface area contributed by atoms with Gasteiger partial charge in [0.1, 0.15) is 0 Å². The Bertz CT molecular complexity index is 117. The number of hydrogen-bond acceptors (Lipinski definition) is 4. The van der Waals surface area contributed by atoms with Gasteiger partial charge in [0.2, 0.25) is 0 Å². The minimum Gasteiger partial charge on any atom is -0.328 e. The summed E-state index contributed by atoms with van der Waals surface area (Å²) in [4.78, 5) is 16.9. The zero-order valence-corrected chi connectivity index (χ0v) is 8.55. The third kappa shape index (κ3) is 5.01. The van der Waals surface area contributed by atoms with E-state index in [1.54, 1.807) is 0 Å². The Hall–Kier alpha value is 0.270. The van der Waals surface area contributed by atoms with Crippen LogP contribution in [0.5, 0.6) is 0 Å². The Balaban J connectivity index is 3.58. The molecule has 0 rings (SSSR count). The lowest BCUT2D eigenvalue weighted by atomic mass is 9.91. The Morgan fingerprint density at radius 2 is 1.83 bits per heavy atom. The highest BCUT2D eigenvalue weighted by Gasteiger charge is 2.20. The highest BCUT2D eigenvalue weighted by atomic mass is 31.2. The molecular weight excluding hydrogens is 177 g/mol. The van der Waals surface area contributed by atoms with Crippen LogP contribution in [0.25, 0.3) is 0 Å². The van der Waals surface area contributed by atoms with Crippen LogP contribution in [0.1, 0.15) is 33.1 Å². The molecule has 0 aromatic heterocycles. The van der Waals surface area contributed by atoms with Crippen LogP contribution in [0.15, 0.2) is 0 Å². The van der Waals surface area contributed by atoms with E-state index in [1.165, 1.54) is 0 Å². The molecule has 0 spiro atoms. The zero-order chi connectivity index (χ0) is 9.61. The summed E-state index contributed by atoms with van der Waals surface area (Å²) in [5.74, 6) is 0. The molecule has 0 unspecified atom stereocenters. The van der Waals surface area contributed by atoms with Crippen molar-refractivity contribution in [3.8, 4) is 0 Å². The molecule has 0 aromatic rings.